The summed E-state index contributed by atoms with van der Waals surface area (Å²) in [4.78, 5) is 0. The zero-order chi connectivity index (χ0) is 10.9. The molecule has 0 aromatic carbocycles. The van der Waals surface area contributed by atoms with Gasteiger partial charge in [0.15, 0.2) is 0 Å². The Bertz CT molecular complexity index is 192. The standard InChI is InChI=1S/C9H14F4O/c1-5-2-3-7(14)6(4-10)8(5)9(11,12)13/h5-8,14H,2-4H2,1H3. The summed E-state index contributed by atoms with van der Waals surface area (Å²) in [7, 11) is 0. The van der Waals surface area contributed by atoms with Crippen molar-refractivity contribution in [2.24, 2.45) is 17.8 Å². The van der Waals surface area contributed by atoms with Gasteiger partial charge in [0.25, 0.3) is 0 Å². The third kappa shape index (κ3) is 2.19. The van der Waals surface area contributed by atoms with Gasteiger partial charge in [-0.15, -0.1) is 0 Å². The largest absolute Gasteiger partial charge is 0.393 e. The number of alkyl halides is 4. The van der Waals surface area contributed by atoms with Crippen LogP contribution in [-0.2, 0) is 0 Å². The molecule has 1 nitrogen and oxygen atoms in total. The summed E-state index contributed by atoms with van der Waals surface area (Å²) in [5.41, 5.74) is 0. The van der Waals surface area contributed by atoms with Crippen LogP contribution in [0.4, 0.5) is 17.6 Å². The van der Waals surface area contributed by atoms with Crippen molar-refractivity contribution in [1.29, 1.82) is 0 Å². The van der Waals surface area contributed by atoms with Gasteiger partial charge in [-0.1, -0.05) is 6.92 Å². The summed E-state index contributed by atoms with van der Waals surface area (Å²) in [6, 6.07) is 0. The maximum absolute atomic E-state index is 12.5. The van der Waals surface area contributed by atoms with Crippen LogP contribution < -0.4 is 0 Å². The molecule has 0 amide bonds. The third-order valence-corrected chi connectivity index (χ3v) is 3.04. The van der Waals surface area contributed by atoms with Crippen molar-refractivity contribution in [3.05, 3.63) is 0 Å². The zero-order valence-corrected chi connectivity index (χ0v) is 7.89. The van der Waals surface area contributed by atoms with E-state index in [4.69, 9.17) is 0 Å². The van der Waals surface area contributed by atoms with E-state index in [-0.39, 0.29) is 6.42 Å². The van der Waals surface area contributed by atoms with Gasteiger partial charge in [-0.25, -0.2) is 0 Å². The molecule has 4 atom stereocenters. The Morgan fingerprint density at radius 3 is 2.21 bits per heavy atom. The molecule has 1 rings (SSSR count). The monoisotopic (exact) mass is 214 g/mol. The summed E-state index contributed by atoms with van der Waals surface area (Å²) in [5, 5.41) is 9.28. The molecular weight excluding hydrogens is 200 g/mol. The lowest BCUT2D eigenvalue weighted by Crippen LogP contribution is -2.45. The van der Waals surface area contributed by atoms with Crippen LogP contribution in [0.2, 0.25) is 0 Å². The summed E-state index contributed by atoms with van der Waals surface area (Å²) in [5.74, 6) is -3.57. The first-order valence-electron chi connectivity index (χ1n) is 4.68. The topological polar surface area (TPSA) is 20.2 Å². The van der Waals surface area contributed by atoms with E-state index in [0.29, 0.717) is 6.42 Å². The molecule has 0 radical (unpaired) electrons. The Labute approximate surface area is 80.1 Å². The first-order chi connectivity index (χ1) is 6.38. The molecule has 1 aliphatic carbocycles. The molecule has 1 fully saturated rings. The Morgan fingerprint density at radius 1 is 1.29 bits per heavy atom. The first kappa shape index (κ1) is 11.8. The molecular formula is C9H14F4O. The highest BCUT2D eigenvalue weighted by Crippen LogP contribution is 2.44. The number of hydrogen-bond acceptors (Lipinski definition) is 1. The van der Waals surface area contributed by atoms with Crippen LogP contribution in [-0.4, -0.2) is 24.1 Å². The molecule has 1 saturated carbocycles. The van der Waals surface area contributed by atoms with Crippen molar-refractivity contribution in [3.63, 3.8) is 0 Å². The van der Waals surface area contributed by atoms with Gasteiger partial charge in [-0.05, 0) is 18.8 Å². The number of halogens is 4. The summed E-state index contributed by atoms with van der Waals surface area (Å²) in [6.07, 6.45) is -4.98. The highest BCUT2D eigenvalue weighted by Gasteiger charge is 2.51. The Kier molecular flexibility index (Phi) is 3.40. The van der Waals surface area contributed by atoms with Gasteiger partial charge in [0, 0.05) is 5.92 Å². The molecule has 0 aliphatic heterocycles. The summed E-state index contributed by atoms with van der Waals surface area (Å²) < 4.78 is 50.0. The van der Waals surface area contributed by atoms with Crippen molar-refractivity contribution in [1.82, 2.24) is 0 Å². The lowest BCUT2D eigenvalue weighted by atomic mass is 9.71. The summed E-state index contributed by atoms with van der Waals surface area (Å²) >= 11 is 0. The van der Waals surface area contributed by atoms with Gasteiger partial charge in [0.05, 0.1) is 18.7 Å². The van der Waals surface area contributed by atoms with Crippen LogP contribution in [0.1, 0.15) is 19.8 Å². The molecule has 1 aliphatic rings. The van der Waals surface area contributed by atoms with E-state index in [1.807, 2.05) is 0 Å². The molecule has 4 unspecified atom stereocenters. The minimum absolute atomic E-state index is 0.266. The predicted octanol–water partition coefficient (Wildman–Crippen LogP) is 2.54. The third-order valence-electron chi connectivity index (χ3n) is 3.04. The first-order valence-corrected chi connectivity index (χ1v) is 4.68. The lowest BCUT2D eigenvalue weighted by Gasteiger charge is -2.39. The van der Waals surface area contributed by atoms with Crippen LogP contribution in [0, 0.1) is 17.8 Å². The fourth-order valence-corrected chi connectivity index (χ4v) is 2.25. The number of rotatable bonds is 1. The second-order valence-corrected chi connectivity index (χ2v) is 4.01. The van der Waals surface area contributed by atoms with Crippen molar-refractivity contribution in [3.8, 4) is 0 Å². The fraction of sp³-hybridized carbons (Fsp3) is 1.00. The van der Waals surface area contributed by atoms with Crippen LogP contribution in [0.5, 0.6) is 0 Å². The average molecular weight is 214 g/mol. The van der Waals surface area contributed by atoms with Gasteiger partial charge in [0.2, 0.25) is 0 Å². The van der Waals surface area contributed by atoms with Crippen LogP contribution in [0.25, 0.3) is 0 Å². The van der Waals surface area contributed by atoms with E-state index >= 15 is 0 Å². The van der Waals surface area contributed by atoms with Crippen LogP contribution in [0.3, 0.4) is 0 Å². The van der Waals surface area contributed by atoms with Crippen molar-refractivity contribution in [2.75, 3.05) is 6.67 Å². The van der Waals surface area contributed by atoms with Gasteiger partial charge < -0.3 is 5.11 Å². The quantitative estimate of drug-likeness (QED) is 0.665. The van der Waals surface area contributed by atoms with E-state index in [2.05, 4.69) is 0 Å². The molecule has 14 heavy (non-hydrogen) atoms. The molecule has 0 spiro atoms. The maximum Gasteiger partial charge on any atom is 0.392 e. The summed E-state index contributed by atoms with van der Waals surface area (Å²) in [6.45, 7) is 0.363. The van der Waals surface area contributed by atoms with E-state index in [0.717, 1.165) is 0 Å². The van der Waals surface area contributed by atoms with Crippen LogP contribution >= 0.6 is 0 Å². The van der Waals surface area contributed by atoms with Crippen molar-refractivity contribution < 1.29 is 22.7 Å². The Balaban J connectivity index is 2.84. The predicted molar refractivity (Wildman–Crippen MR) is 43.4 cm³/mol. The van der Waals surface area contributed by atoms with Gasteiger partial charge >= 0.3 is 6.18 Å². The van der Waals surface area contributed by atoms with E-state index < -0.39 is 36.7 Å². The zero-order valence-electron chi connectivity index (χ0n) is 7.89. The number of aliphatic hydroxyl groups excluding tert-OH is 1. The molecule has 0 aromatic heterocycles. The molecule has 0 saturated heterocycles. The normalized spacial score (nSPS) is 39.9. The molecule has 5 heteroatoms. The SMILES string of the molecule is CC1CCC(O)C(CF)C1C(F)(F)F. The highest BCUT2D eigenvalue weighted by molar-refractivity contribution is 4.89. The molecule has 1 N–H and O–H groups in total. The van der Waals surface area contributed by atoms with E-state index in [1.54, 1.807) is 0 Å². The minimum atomic E-state index is -4.41. The molecule has 0 aromatic rings. The van der Waals surface area contributed by atoms with Gasteiger partial charge in [-0.2, -0.15) is 13.2 Å². The average Bonchev–Trinajstić information content (AvgIpc) is 2.06. The second kappa shape index (κ2) is 4.04. The Hall–Kier alpha value is -0.320. The lowest BCUT2D eigenvalue weighted by molar-refractivity contribution is -0.224. The van der Waals surface area contributed by atoms with Gasteiger partial charge in [0.1, 0.15) is 0 Å². The van der Waals surface area contributed by atoms with Crippen molar-refractivity contribution >= 4 is 0 Å². The van der Waals surface area contributed by atoms with Crippen molar-refractivity contribution in [2.45, 2.75) is 32.0 Å². The molecule has 0 bridgehead atoms. The van der Waals surface area contributed by atoms with Crippen LogP contribution in [0.15, 0.2) is 0 Å². The Morgan fingerprint density at radius 2 is 1.86 bits per heavy atom. The molecule has 84 valence electrons. The van der Waals surface area contributed by atoms with E-state index in [9.17, 15) is 22.7 Å². The van der Waals surface area contributed by atoms with Gasteiger partial charge in [-0.3, -0.25) is 4.39 Å². The minimum Gasteiger partial charge on any atom is -0.393 e. The molecule has 0 heterocycles. The maximum atomic E-state index is 12.5. The fourth-order valence-electron chi connectivity index (χ4n) is 2.25. The second-order valence-electron chi connectivity index (χ2n) is 4.01. The highest BCUT2D eigenvalue weighted by atomic mass is 19.4. The smallest absolute Gasteiger partial charge is 0.392 e. The number of hydrogen-bond donors (Lipinski definition) is 1. The number of aliphatic hydroxyl groups is 1. The van der Waals surface area contributed by atoms with E-state index in [1.165, 1.54) is 6.92 Å².